The lowest BCUT2D eigenvalue weighted by Gasteiger charge is -2.07. The molecule has 3 rings (SSSR count). The van der Waals surface area contributed by atoms with Crippen molar-refractivity contribution in [3.05, 3.63) is 64.6 Å². The van der Waals surface area contributed by atoms with Crippen molar-refractivity contribution in [1.29, 1.82) is 0 Å². The number of fused-ring (bicyclic) bond motifs is 1. The molecule has 0 atom stereocenters. The number of nitrogens with zero attached hydrogens (tertiary/aromatic N) is 3. The van der Waals surface area contributed by atoms with Crippen LogP contribution in [-0.4, -0.2) is 14.6 Å². The second kappa shape index (κ2) is 5.04. The highest BCUT2D eigenvalue weighted by molar-refractivity contribution is 6.30. The first-order valence-electron chi connectivity index (χ1n) is 6.09. The van der Waals surface area contributed by atoms with Gasteiger partial charge < -0.3 is 0 Å². The lowest BCUT2D eigenvalue weighted by molar-refractivity contribution is -0.137. The molecular weight excluding hydrogens is 303 g/mol. The molecule has 1 aromatic carbocycles. The Hall–Kier alpha value is -2.08. The Labute approximate surface area is 123 Å². The van der Waals surface area contributed by atoms with E-state index in [1.54, 1.807) is 24.4 Å². The monoisotopic (exact) mass is 311 g/mol. The highest BCUT2D eigenvalue weighted by atomic mass is 35.5. The molecule has 0 aliphatic carbocycles. The molecule has 0 fully saturated rings. The maximum Gasteiger partial charge on any atom is 0.416 e. The number of rotatable bonds is 2. The standard InChI is InChI=1S/C14H9ClF3N3/c15-11-4-5-13-19-12(20-21(13)8-11)7-9-2-1-3-10(6-9)14(16,17)18/h1-6,8H,7H2. The third-order valence-electron chi connectivity index (χ3n) is 2.96. The number of hydrogen-bond donors (Lipinski definition) is 0. The second-order valence-electron chi connectivity index (χ2n) is 4.55. The fourth-order valence-corrected chi connectivity index (χ4v) is 2.17. The molecular formula is C14H9ClF3N3. The summed E-state index contributed by atoms with van der Waals surface area (Å²) in [6.07, 6.45) is -2.53. The fraction of sp³-hybridized carbons (Fsp3) is 0.143. The van der Waals surface area contributed by atoms with Crippen LogP contribution in [0.5, 0.6) is 0 Å². The number of benzene rings is 1. The first-order chi connectivity index (χ1) is 9.91. The Bertz CT molecular complexity index is 796. The molecule has 21 heavy (non-hydrogen) atoms. The van der Waals surface area contributed by atoms with Crippen molar-refractivity contribution in [2.45, 2.75) is 12.6 Å². The Morgan fingerprint density at radius 1 is 1.14 bits per heavy atom. The van der Waals surface area contributed by atoms with E-state index in [0.717, 1.165) is 12.1 Å². The van der Waals surface area contributed by atoms with Gasteiger partial charge in [0.2, 0.25) is 0 Å². The minimum atomic E-state index is -4.35. The maximum atomic E-state index is 12.7. The van der Waals surface area contributed by atoms with Crippen LogP contribution in [0.4, 0.5) is 13.2 Å². The smallest absolute Gasteiger partial charge is 0.219 e. The van der Waals surface area contributed by atoms with E-state index in [2.05, 4.69) is 10.1 Å². The fourth-order valence-electron chi connectivity index (χ4n) is 2.02. The SMILES string of the molecule is FC(F)(F)c1cccc(Cc2nc3ccc(Cl)cn3n2)c1. The summed E-state index contributed by atoms with van der Waals surface area (Å²) in [5.41, 5.74) is 0.431. The third-order valence-corrected chi connectivity index (χ3v) is 3.18. The summed E-state index contributed by atoms with van der Waals surface area (Å²) in [6, 6.07) is 8.53. The predicted octanol–water partition coefficient (Wildman–Crippen LogP) is 3.99. The van der Waals surface area contributed by atoms with E-state index >= 15 is 0 Å². The van der Waals surface area contributed by atoms with Crippen LogP contribution in [0, 0.1) is 0 Å². The molecule has 0 aliphatic heterocycles. The lowest BCUT2D eigenvalue weighted by Crippen LogP contribution is -2.05. The minimum absolute atomic E-state index is 0.225. The number of hydrogen-bond acceptors (Lipinski definition) is 2. The van der Waals surface area contributed by atoms with Crippen LogP contribution in [0.15, 0.2) is 42.6 Å². The minimum Gasteiger partial charge on any atom is -0.219 e. The molecule has 0 spiro atoms. The first-order valence-corrected chi connectivity index (χ1v) is 6.46. The predicted molar refractivity (Wildman–Crippen MR) is 72.2 cm³/mol. The van der Waals surface area contributed by atoms with Crippen molar-refractivity contribution in [3.63, 3.8) is 0 Å². The molecule has 2 aromatic heterocycles. The van der Waals surface area contributed by atoms with Gasteiger partial charge in [0.25, 0.3) is 0 Å². The van der Waals surface area contributed by atoms with Crippen LogP contribution in [0.3, 0.4) is 0 Å². The summed E-state index contributed by atoms with van der Waals surface area (Å²) in [7, 11) is 0. The zero-order valence-electron chi connectivity index (χ0n) is 10.6. The topological polar surface area (TPSA) is 30.2 Å². The molecule has 0 aliphatic rings. The maximum absolute atomic E-state index is 12.7. The van der Waals surface area contributed by atoms with E-state index in [1.807, 2.05) is 0 Å². The molecule has 0 unspecified atom stereocenters. The number of aromatic nitrogens is 3. The van der Waals surface area contributed by atoms with Crippen molar-refractivity contribution in [1.82, 2.24) is 14.6 Å². The normalized spacial score (nSPS) is 12.0. The van der Waals surface area contributed by atoms with Crippen LogP contribution in [-0.2, 0) is 12.6 Å². The van der Waals surface area contributed by atoms with E-state index in [4.69, 9.17) is 11.6 Å². The second-order valence-corrected chi connectivity index (χ2v) is 4.99. The molecule has 0 bridgehead atoms. The van der Waals surface area contributed by atoms with Gasteiger partial charge in [0, 0.05) is 12.6 Å². The van der Waals surface area contributed by atoms with Gasteiger partial charge in [-0.3, -0.25) is 0 Å². The molecule has 7 heteroatoms. The molecule has 2 heterocycles. The number of alkyl halides is 3. The molecule has 108 valence electrons. The number of halogens is 4. The largest absolute Gasteiger partial charge is 0.416 e. The van der Waals surface area contributed by atoms with Crippen molar-refractivity contribution >= 4 is 17.2 Å². The van der Waals surface area contributed by atoms with Gasteiger partial charge in [0.1, 0.15) is 0 Å². The summed E-state index contributed by atoms with van der Waals surface area (Å²) in [4.78, 5) is 4.25. The summed E-state index contributed by atoms with van der Waals surface area (Å²) in [5.74, 6) is 0.441. The van der Waals surface area contributed by atoms with E-state index in [1.165, 1.54) is 10.6 Å². The zero-order chi connectivity index (χ0) is 15.0. The van der Waals surface area contributed by atoms with Gasteiger partial charge in [-0.25, -0.2) is 9.50 Å². The van der Waals surface area contributed by atoms with Gasteiger partial charge in [0.15, 0.2) is 11.5 Å². The summed E-state index contributed by atoms with van der Waals surface area (Å²) in [6.45, 7) is 0. The number of pyridine rings is 1. The van der Waals surface area contributed by atoms with Gasteiger partial charge in [-0.2, -0.15) is 18.3 Å². The van der Waals surface area contributed by atoms with E-state index in [9.17, 15) is 13.2 Å². The average Bonchev–Trinajstić information content (AvgIpc) is 2.79. The first kappa shape index (κ1) is 13.9. The molecule has 0 radical (unpaired) electrons. The van der Waals surface area contributed by atoms with Gasteiger partial charge in [-0.15, -0.1) is 0 Å². The molecule has 3 nitrogen and oxygen atoms in total. The van der Waals surface area contributed by atoms with Crippen LogP contribution < -0.4 is 0 Å². The van der Waals surface area contributed by atoms with Gasteiger partial charge in [-0.1, -0.05) is 29.8 Å². The van der Waals surface area contributed by atoms with E-state index in [-0.39, 0.29) is 6.42 Å². The Kier molecular flexibility index (Phi) is 3.33. The van der Waals surface area contributed by atoms with Crippen molar-refractivity contribution in [2.75, 3.05) is 0 Å². The van der Waals surface area contributed by atoms with Gasteiger partial charge in [-0.05, 0) is 23.8 Å². The summed E-state index contributed by atoms with van der Waals surface area (Å²) >= 11 is 5.85. The Balaban J connectivity index is 1.91. The van der Waals surface area contributed by atoms with Crippen LogP contribution >= 0.6 is 11.6 Å². The van der Waals surface area contributed by atoms with Crippen LogP contribution in [0.25, 0.3) is 5.65 Å². The lowest BCUT2D eigenvalue weighted by atomic mass is 10.1. The highest BCUT2D eigenvalue weighted by Crippen LogP contribution is 2.29. The quantitative estimate of drug-likeness (QED) is 0.716. The Morgan fingerprint density at radius 3 is 2.71 bits per heavy atom. The van der Waals surface area contributed by atoms with Crippen LogP contribution in [0.1, 0.15) is 17.0 Å². The summed E-state index contributed by atoms with van der Waals surface area (Å²) in [5, 5.41) is 4.71. The van der Waals surface area contributed by atoms with Crippen molar-refractivity contribution in [3.8, 4) is 0 Å². The molecule has 0 saturated heterocycles. The summed E-state index contributed by atoms with van der Waals surface area (Å²) < 4.78 is 39.5. The van der Waals surface area contributed by atoms with Crippen molar-refractivity contribution in [2.24, 2.45) is 0 Å². The van der Waals surface area contributed by atoms with Crippen LogP contribution in [0.2, 0.25) is 5.02 Å². The average molecular weight is 312 g/mol. The zero-order valence-corrected chi connectivity index (χ0v) is 11.4. The van der Waals surface area contributed by atoms with E-state index in [0.29, 0.717) is 22.1 Å². The third kappa shape index (κ3) is 3.00. The molecule has 3 aromatic rings. The molecule has 0 N–H and O–H groups in total. The van der Waals surface area contributed by atoms with E-state index < -0.39 is 11.7 Å². The molecule has 0 amide bonds. The Morgan fingerprint density at radius 2 is 1.95 bits per heavy atom. The van der Waals surface area contributed by atoms with Gasteiger partial charge >= 0.3 is 6.18 Å². The highest BCUT2D eigenvalue weighted by Gasteiger charge is 2.30. The van der Waals surface area contributed by atoms with Crippen molar-refractivity contribution < 1.29 is 13.2 Å². The molecule has 0 saturated carbocycles. The van der Waals surface area contributed by atoms with Gasteiger partial charge in [0.05, 0.1) is 10.6 Å².